The van der Waals surface area contributed by atoms with Crippen LogP contribution in [0.5, 0.6) is 5.75 Å². The maximum atomic E-state index is 11.3. The number of carbonyl (C=O) groups is 1. The summed E-state index contributed by atoms with van der Waals surface area (Å²) in [4.78, 5) is 11.3. The van der Waals surface area contributed by atoms with Gasteiger partial charge in [0, 0.05) is 12.5 Å². The van der Waals surface area contributed by atoms with Gasteiger partial charge in [-0.25, -0.2) is 0 Å². The van der Waals surface area contributed by atoms with Crippen LogP contribution < -0.4 is 10.5 Å². The van der Waals surface area contributed by atoms with E-state index in [-0.39, 0.29) is 11.9 Å². The molecule has 0 saturated heterocycles. The van der Waals surface area contributed by atoms with Crippen LogP contribution in [-0.2, 0) is 4.79 Å². The molecule has 0 aromatic heterocycles. The first-order chi connectivity index (χ1) is 6.99. The lowest BCUT2D eigenvalue weighted by atomic mass is 10.1. The van der Waals surface area contributed by atoms with Crippen LogP contribution in [0, 0.1) is 5.92 Å². The Morgan fingerprint density at radius 2 is 2.20 bits per heavy atom. The number of rotatable bonds is 3. The van der Waals surface area contributed by atoms with Gasteiger partial charge in [0.05, 0.1) is 10.7 Å². The Hall–Kier alpha value is -1.22. The molecule has 0 amide bonds. The Bertz CT molecular complexity index is 364. The van der Waals surface area contributed by atoms with Crippen molar-refractivity contribution in [1.29, 1.82) is 0 Å². The quantitative estimate of drug-likeness (QED) is 0.491. The molecule has 0 aliphatic heterocycles. The van der Waals surface area contributed by atoms with E-state index in [0.29, 0.717) is 22.9 Å². The van der Waals surface area contributed by atoms with Gasteiger partial charge in [-0.2, -0.15) is 0 Å². The predicted octanol–water partition coefficient (Wildman–Crippen LogP) is 2.87. The first-order valence-electron chi connectivity index (χ1n) is 4.74. The van der Waals surface area contributed by atoms with E-state index in [1.165, 1.54) is 6.07 Å². The zero-order valence-corrected chi connectivity index (χ0v) is 9.54. The van der Waals surface area contributed by atoms with Crippen molar-refractivity contribution in [2.24, 2.45) is 5.92 Å². The van der Waals surface area contributed by atoms with E-state index in [4.69, 9.17) is 22.1 Å². The van der Waals surface area contributed by atoms with Crippen molar-refractivity contribution in [3.8, 4) is 5.75 Å². The molecular weight excluding hydrogens is 214 g/mol. The number of ether oxygens (including phenoxy) is 1. The van der Waals surface area contributed by atoms with Gasteiger partial charge in [-0.15, -0.1) is 0 Å². The van der Waals surface area contributed by atoms with Crippen LogP contribution in [0.15, 0.2) is 18.2 Å². The smallest absolute Gasteiger partial charge is 0.311 e. The summed E-state index contributed by atoms with van der Waals surface area (Å²) in [7, 11) is 0. The minimum Gasteiger partial charge on any atom is -0.426 e. The molecule has 0 aliphatic carbocycles. The Morgan fingerprint density at radius 3 is 2.73 bits per heavy atom. The Balaban J connectivity index is 2.65. The van der Waals surface area contributed by atoms with Gasteiger partial charge in [-0.1, -0.05) is 25.4 Å². The average Bonchev–Trinajstić information content (AvgIpc) is 2.10. The zero-order chi connectivity index (χ0) is 11.4. The fourth-order valence-corrected chi connectivity index (χ4v) is 1.25. The van der Waals surface area contributed by atoms with Crippen LogP contribution >= 0.6 is 11.6 Å². The van der Waals surface area contributed by atoms with Crippen LogP contribution in [-0.4, -0.2) is 5.97 Å². The van der Waals surface area contributed by atoms with E-state index in [0.717, 1.165) is 0 Å². The van der Waals surface area contributed by atoms with Gasteiger partial charge in [0.15, 0.2) is 0 Å². The number of nitrogen functional groups attached to an aromatic ring is 1. The molecular formula is C11H14ClNO2. The Labute approximate surface area is 94.2 Å². The number of esters is 1. The highest BCUT2D eigenvalue weighted by molar-refractivity contribution is 6.33. The normalized spacial score (nSPS) is 10.4. The van der Waals surface area contributed by atoms with E-state index < -0.39 is 0 Å². The Morgan fingerprint density at radius 1 is 1.53 bits per heavy atom. The van der Waals surface area contributed by atoms with E-state index >= 15 is 0 Å². The van der Waals surface area contributed by atoms with E-state index in [2.05, 4.69) is 0 Å². The largest absolute Gasteiger partial charge is 0.426 e. The number of halogens is 1. The maximum Gasteiger partial charge on any atom is 0.311 e. The van der Waals surface area contributed by atoms with Gasteiger partial charge < -0.3 is 10.5 Å². The van der Waals surface area contributed by atoms with Crippen LogP contribution in [0.3, 0.4) is 0 Å². The number of hydrogen-bond donors (Lipinski definition) is 1. The van der Waals surface area contributed by atoms with E-state index in [1.54, 1.807) is 12.1 Å². The highest BCUT2D eigenvalue weighted by Crippen LogP contribution is 2.24. The van der Waals surface area contributed by atoms with Gasteiger partial charge in [0.25, 0.3) is 0 Å². The molecule has 0 atom stereocenters. The van der Waals surface area contributed by atoms with Gasteiger partial charge in [0.1, 0.15) is 5.75 Å². The number of hydrogen-bond acceptors (Lipinski definition) is 3. The second-order valence-corrected chi connectivity index (χ2v) is 4.16. The molecule has 1 rings (SSSR count). The molecule has 4 heteroatoms. The molecule has 3 nitrogen and oxygen atoms in total. The summed E-state index contributed by atoms with van der Waals surface area (Å²) in [6.07, 6.45) is 0.391. The summed E-state index contributed by atoms with van der Waals surface area (Å²) in [6, 6.07) is 4.77. The molecule has 0 spiro atoms. The number of carbonyl (C=O) groups excluding carboxylic acids is 1. The Kier molecular flexibility index (Phi) is 3.97. The summed E-state index contributed by atoms with van der Waals surface area (Å²) in [5.74, 6) is 0.451. The second-order valence-electron chi connectivity index (χ2n) is 3.76. The lowest BCUT2D eigenvalue weighted by Gasteiger charge is -2.07. The van der Waals surface area contributed by atoms with Crippen LogP contribution in [0.4, 0.5) is 5.69 Å². The minimum absolute atomic E-state index is 0.258. The molecule has 15 heavy (non-hydrogen) atoms. The molecule has 0 bridgehead atoms. The van der Waals surface area contributed by atoms with Gasteiger partial charge in [-0.05, 0) is 18.1 Å². The van der Waals surface area contributed by atoms with Gasteiger partial charge in [0.2, 0.25) is 0 Å². The average molecular weight is 228 g/mol. The van der Waals surface area contributed by atoms with Gasteiger partial charge in [-0.3, -0.25) is 4.79 Å². The van der Waals surface area contributed by atoms with Gasteiger partial charge >= 0.3 is 5.97 Å². The van der Waals surface area contributed by atoms with Crippen molar-refractivity contribution in [2.75, 3.05) is 5.73 Å². The van der Waals surface area contributed by atoms with Crippen LogP contribution in [0.2, 0.25) is 5.02 Å². The minimum atomic E-state index is -0.258. The molecule has 1 aromatic rings. The van der Waals surface area contributed by atoms with Crippen molar-refractivity contribution in [1.82, 2.24) is 0 Å². The standard InChI is InChI=1S/C11H14ClNO2/c1-7(2)5-11(14)15-8-3-4-10(13)9(12)6-8/h3-4,6-7H,5,13H2,1-2H3. The number of benzene rings is 1. The SMILES string of the molecule is CC(C)CC(=O)Oc1ccc(N)c(Cl)c1. The third kappa shape index (κ3) is 3.80. The number of anilines is 1. The van der Waals surface area contributed by atoms with Crippen LogP contribution in [0.25, 0.3) is 0 Å². The molecule has 0 aliphatic rings. The summed E-state index contributed by atoms with van der Waals surface area (Å²) in [5, 5.41) is 0.393. The molecule has 0 radical (unpaired) electrons. The lowest BCUT2D eigenvalue weighted by molar-refractivity contribution is -0.135. The summed E-state index contributed by atoms with van der Waals surface area (Å²) in [6.45, 7) is 3.91. The number of nitrogens with two attached hydrogens (primary N) is 1. The third-order valence-corrected chi connectivity index (χ3v) is 2.11. The molecule has 1 aromatic carbocycles. The fourth-order valence-electron chi connectivity index (χ4n) is 1.08. The summed E-state index contributed by atoms with van der Waals surface area (Å²) in [5.41, 5.74) is 6.00. The topological polar surface area (TPSA) is 52.3 Å². The zero-order valence-electron chi connectivity index (χ0n) is 8.79. The van der Waals surface area contributed by atoms with E-state index in [9.17, 15) is 4.79 Å². The predicted molar refractivity (Wildman–Crippen MR) is 61.0 cm³/mol. The first kappa shape index (κ1) is 11.9. The first-order valence-corrected chi connectivity index (χ1v) is 5.12. The monoisotopic (exact) mass is 227 g/mol. The molecule has 0 saturated carbocycles. The highest BCUT2D eigenvalue weighted by Gasteiger charge is 2.08. The molecule has 0 heterocycles. The maximum absolute atomic E-state index is 11.3. The molecule has 0 fully saturated rings. The van der Waals surface area contributed by atoms with Crippen molar-refractivity contribution < 1.29 is 9.53 Å². The van der Waals surface area contributed by atoms with Crippen molar-refractivity contribution >= 4 is 23.3 Å². The molecule has 82 valence electrons. The fraction of sp³-hybridized carbons (Fsp3) is 0.364. The van der Waals surface area contributed by atoms with Crippen molar-refractivity contribution in [3.63, 3.8) is 0 Å². The molecule has 2 N–H and O–H groups in total. The highest BCUT2D eigenvalue weighted by atomic mass is 35.5. The summed E-state index contributed by atoms with van der Waals surface area (Å²) >= 11 is 5.79. The molecule has 0 unspecified atom stereocenters. The lowest BCUT2D eigenvalue weighted by Crippen LogP contribution is -2.10. The van der Waals surface area contributed by atoms with Crippen molar-refractivity contribution in [2.45, 2.75) is 20.3 Å². The van der Waals surface area contributed by atoms with Crippen molar-refractivity contribution in [3.05, 3.63) is 23.2 Å². The third-order valence-electron chi connectivity index (χ3n) is 1.78. The van der Waals surface area contributed by atoms with Crippen LogP contribution in [0.1, 0.15) is 20.3 Å². The van der Waals surface area contributed by atoms with E-state index in [1.807, 2.05) is 13.8 Å². The second kappa shape index (κ2) is 5.03. The summed E-state index contributed by atoms with van der Waals surface area (Å²) < 4.78 is 5.08.